The summed E-state index contributed by atoms with van der Waals surface area (Å²) >= 11 is 0. The van der Waals surface area contributed by atoms with Crippen molar-refractivity contribution in [3.8, 4) is 11.5 Å². The second-order valence-corrected chi connectivity index (χ2v) is 8.45. The van der Waals surface area contributed by atoms with Crippen molar-refractivity contribution >= 4 is 29.3 Å². The monoisotopic (exact) mass is 470 g/mol. The van der Waals surface area contributed by atoms with E-state index in [0.29, 0.717) is 30.3 Å². The number of carbonyl (C=O) groups is 2. The Kier molecular flexibility index (Phi) is 7.83. The first-order valence-electron chi connectivity index (χ1n) is 11.9. The van der Waals surface area contributed by atoms with Gasteiger partial charge in [0.25, 0.3) is 5.91 Å². The Hall–Kier alpha value is -4.06. The zero-order chi connectivity index (χ0) is 24.6. The van der Waals surface area contributed by atoms with Gasteiger partial charge >= 0.3 is 0 Å². The molecule has 1 N–H and O–H groups in total. The van der Waals surface area contributed by atoms with Crippen LogP contribution < -0.4 is 19.7 Å². The predicted octanol–water partition coefficient (Wildman–Crippen LogP) is 5.83. The van der Waals surface area contributed by atoms with Crippen molar-refractivity contribution in [1.29, 1.82) is 0 Å². The normalized spacial score (nSPS) is 15.0. The van der Waals surface area contributed by atoms with Crippen LogP contribution in [0.1, 0.15) is 37.8 Å². The molecule has 1 atom stereocenters. The first-order chi connectivity index (χ1) is 17.0. The molecule has 0 aromatic heterocycles. The van der Waals surface area contributed by atoms with Crippen LogP contribution >= 0.6 is 0 Å². The molecule has 2 amide bonds. The molecular weight excluding hydrogens is 440 g/mol. The molecule has 0 saturated carbocycles. The van der Waals surface area contributed by atoms with E-state index < -0.39 is 6.10 Å². The van der Waals surface area contributed by atoms with Crippen molar-refractivity contribution < 1.29 is 19.1 Å². The van der Waals surface area contributed by atoms with Crippen LogP contribution in [0.2, 0.25) is 0 Å². The van der Waals surface area contributed by atoms with E-state index in [4.69, 9.17) is 9.47 Å². The molecule has 0 aliphatic carbocycles. The fourth-order valence-electron chi connectivity index (χ4n) is 3.80. The Morgan fingerprint density at radius 2 is 1.86 bits per heavy atom. The lowest BCUT2D eigenvalue weighted by molar-refractivity contribution is -0.125. The van der Waals surface area contributed by atoms with Gasteiger partial charge in [-0.1, -0.05) is 55.8 Å². The number of unbranched alkanes of at least 4 members (excludes halogenated alkanes) is 1. The molecule has 0 bridgehead atoms. The third-order valence-corrected chi connectivity index (χ3v) is 5.73. The van der Waals surface area contributed by atoms with Crippen molar-refractivity contribution in [2.24, 2.45) is 0 Å². The number of benzene rings is 3. The minimum atomic E-state index is -0.516. The van der Waals surface area contributed by atoms with Gasteiger partial charge in [-0.05, 0) is 60.9 Å². The summed E-state index contributed by atoms with van der Waals surface area (Å²) < 4.78 is 11.5. The Bertz CT molecular complexity index is 1190. The Labute approximate surface area is 206 Å². The van der Waals surface area contributed by atoms with Gasteiger partial charge in [-0.2, -0.15) is 0 Å². The molecule has 0 saturated heterocycles. The van der Waals surface area contributed by atoms with Crippen LogP contribution in [0.4, 0.5) is 11.4 Å². The van der Waals surface area contributed by atoms with E-state index in [2.05, 4.69) is 12.2 Å². The molecule has 0 spiro atoms. The Balaban J connectivity index is 1.36. The molecule has 1 heterocycles. The van der Waals surface area contributed by atoms with Gasteiger partial charge < -0.3 is 19.7 Å². The van der Waals surface area contributed by atoms with Crippen LogP contribution in [-0.2, 0) is 16.2 Å². The van der Waals surface area contributed by atoms with Gasteiger partial charge in [0.1, 0.15) is 18.1 Å². The number of carbonyl (C=O) groups excluding carboxylic acids is 2. The van der Waals surface area contributed by atoms with Crippen molar-refractivity contribution in [3.05, 3.63) is 90.0 Å². The van der Waals surface area contributed by atoms with E-state index in [1.165, 1.54) is 6.08 Å². The number of ether oxygens (including phenoxy) is 2. The Morgan fingerprint density at radius 1 is 1.09 bits per heavy atom. The minimum Gasteiger partial charge on any atom is -0.489 e. The largest absolute Gasteiger partial charge is 0.489 e. The summed E-state index contributed by atoms with van der Waals surface area (Å²) in [5, 5.41) is 2.87. The number of amides is 2. The van der Waals surface area contributed by atoms with Crippen molar-refractivity contribution in [2.75, 3.05) is 16.8 Å². The van der Waals surface area contributed by atoms with E-state index in [-0.39, 0.29) is 11.8 Å². The molecule has 1 unspecified atom stereocenters. The predicted molar refractivity (Wildman–Crippen MR) is 139 cm³/mol. The van der Waals surface area contributed by atoms with Gasteiger partial charge in [-0.3, -0.25) is 9.59 Å². The Morgan fingerprint density at radius 3 is 2.60 bits per heavy atom. The molecule has 4 rings (SSSR count). The number of nitrogens with one attached hydrogen (secondary N) is 1. The number of hydrogen-bond acceptors (Lipinski definition) is 4. The molecule has 1 aliphatic heterocycles. The first kappa shape index (κ1) is 24.1. The molecule has 0 radical (unpaired) electrons. The SMILES string of the molecule is CCCCN1C(=O)C(C)Oc2ccc(NC(=O)/C=C/c3ccc(OCc4ccccc4)cc3)cc21. The van der Waals surface area contributed by atoms with Gasteiger partial charge in [0, 0.05) is 18.3 Å². The van der Waals surface area contributed by atoms with Crippen LogP contribution in [0, 0.1) is 0 Å². The molecule has 3 aromatic carbocycles. The molecule has 35 heavy (non-hydrogen) atoms. The highest BCUT2D eigenvalue weighted by Gasteiger charge is 2.31. The van der Waals surface area contributed by atoms with Gasteiger partial charge in [0.2, 0.25) is 5.91 Å². The van der Waals surface area contributed by atoms with Crippen molar-refractivity contribution in [3.63, 3.8) is 0 Å². The standard InChI is InChI=1S/C29H30N2O4/c1-3-4-18-31-26-19-24(13-16-27(26)35-21(2)29(31)33)30-28(32)17-12-22-10-14-25(15-11-22)34-20-23-8-6-5-7-9-23/h5-17,19,21H,3-4,18,20H2,1-2H3,(H,30,32)/b17-12+. The highest BCUT2D eigenvalue weighted by molar-refractivity contribution is 6.04. The van der Waals surface area contributed by atoms with Gasteiger partial charge in [-0.25, -0.2) is 0 Å². The summed E-state index contributed by atoms with van der Waals surface area (Å²) in [5.41, 5.74) is 3.29. The first-order valence-corrected chi connectivity index (χ1v) is 11.9. The maximum atomic E-state index is 12.6. The zero-order valence-electron chi connectivity index (χ0n) is 20.1. The summed E-state index contributed by atoms with van der Waals surface area (Å²) in [6, 6.07) is 22.9. The molecule has 3 aromatic rings. The van der Waals surface area contributed by atoms with E-state index in [0.717, 1.165) is 29.7 Å². The summed E-state index contributed by atoms with van der Waals surface area (Å²) in [4.78, 5) is 26.9. The summed E-state index contributed by atoms with van der Waals surface area (Å²) in [6.45, 7) is 4.97. The van der Waals surface area contributed by atoms with Crippen LogP contribution in [0.5, 0.6) is 11.5 Å². The molecule has 6 nitrogen and oxygen atoms in total. The number of hydrogen-bond donors (Lipinski definition) is 1. The molecular formula is C29H30N2O4. The highest BCUT2D eigenvalue weighted by Crippen LogP contribution is 2.36. The second kappa shape index (κ2) is 11.4. The molecule has 1 aliphatic rings. The van der Waals surface area contributed by atoms with E-state index in [9.17, 15) is 9.59 Å². The summed E-state index contributed by atoms with van der Waals surface area (Å²) in [6.07, 6.45) is 4.59. The lowest BCUT2D eigenvalue weighted by atomic mass is 10.1. The minimum absolute atomic E-state index is 0.0643. The van der Waals surface area contributed by atoms with Crippen molar-refractivity contribution in [2.45, 2.75) is 39.4 Å². The average Bonchev–Trinajstić information content (AvgIpc) is 2.88. The topological polar surface area (TPSA) is 67.9 Å². The fraction of sp³-hybridized carbons (Fsp3) is 0.241. The summed E-state index contributed by atoms with van der Waals surface area (Å²) in [5.74, 6) is 1.09. The second-order valence-electron chi connectivity index (χ2n) is 8.45. The smallest absolute Gasteiger partial charge is 0.267 e. The van der Waals surface area contributed by atoms with Gasteiger partial charge in [0.05, 0.1) is 5.69 Å². The quantitative estimate of drug-likeness (QED) is 0.400. The molecule has 180 valence electrons. The lowest BCUT2D eigenvalue weighted by Gasteiger charge is -2.33. The number of fused-ring (bicyclic) bond motifs is 1. The maximum Gasteiger partial charge on any atom is 0.267 e. The van der Waals surface area contributed by atoms with Crippen LogP contribution in [0.15, 0.2) is 78.9 Å². The fourth-order valence-corrected chi connectivity index (χ4v) is 3.80. The molecule has 6 heteroatoms. The third kappa shape index (κ3) is 6.29. The maximum absolute atomic E-state index is 12.6. The van der Waals surface area contributed by atoms with E-state index in [1.807, 2.05) is 54.6 Å². The van der Waals surface area contributed by atoms with E-state index in [1.54, 1.807) is 36.1 Å². The number of nitrogens with zero attached hydrogens (tertiary/aromatic N) is 1. The van der Waals surface area contributed by atoms with Crippen LogP contribution in [0.25, 0.3) is 6.08 Å². The zero-order valence-corrected chi connectivity index (χ0v) is 20.1. The van der Waals surface area contributed by atoms with Crippen LogP contribution in [-0.4, -0.2) is 24.5 Å². The molecule has 0 fully saturated rings. The summed E-state index contributed by atoms with van der Waals surface area (Å²) in [7, 11) is 0. The third-order valence-electron chi connectivity index (χ3n) is 5.73. The number of anilines is 2. The van der Waals surface area contributed by atoms with Crippen molar-refractivity contribution in [1.82, 2.24) is 0 Å². The van der Waals surface area contributed by atoms with Gasteiger partial charge in [0.15, 0.2) is 6.10 Å². The average molecular weight is 471 g/mol. The van der Waals surface area contributed by atoms with E-state index >= 15 is 0 Å². The van der Waals surface area contributed by atoms with Gasteiger partial charge in [-0.15, -0.1) is 0 Å². The number of rotatable bonds is 9. The lowest BCUT2D eigenvalue weighted by Crippen LogP contribution is -2.44. The highest BCUT2D eigenvalue weighted by atomic mass is 16.5. The van der Waals surface area contributed by atoms with Crippen LogP contribution in [0.3, 0.4) is 0 Å².